The van der Waals surface area contributed by atoms with Crippen LogP contribution in [0.25, 0.3) is 10.9 Å². The Bertz CT molecular complexity index is 1230. The summed E-state index contributed by atoms with van der Waals surface area (Å²) in [4.78, 5) is 29.2. The summed E-state index contributed by atoms with van der Waals surface area (Å²) >= 11 is 0. The molecule has 8 heteroatoms. The van der Waals surface area contributed by atoms with Gasteiger partial charge in [-0.15, -0.1) is 0 Å². The molecule has 1 saturated heterocycles. The second kappa shape index (κ2) is 9.49. The summed E-state index contributed by atoms with van der Waals surface area (Å²) in [6.45, 7) is 10.9. The summed E-state index contributed by atoms with van der Waals surface area (Å²) in [6.07, 6.45) is 3.78. The third kappa shape index (κ3) is 4.72. The highest BCUT2D eigenvalue weighted by Crippen LogP contribution is 2.36. The number of nitrogens with one attached hydrogen (secondary N) is 1. The lowest BCUT2D eigenvalue weighted by molar-refractivity contribution is -0.140. The van der Waals surface area contributed by atoms with Crippen molar-refractivity contribution in [3.63, 3.8) is 0 Å². The van der Waals surface area contributed by atoms with Gasteiger partial charge < -0.3 is 18.9 Å². The van der Waals surface area contributed by atoms with E-state index in [1.165, 1.54) is 16.5 Å². The maximum absolute atomic E-state index is 13.7. The zero-order valence-electron chi connectivity index (χ0n) is 21.1. The minimum atomic E-state index is -0.302. The van der Waals surface area contributed by atoms with Gasteiger partial charge in [0, 0.05) is 62.3 Å². The second-order valence-corrected chi connectivity index (χ2v) is 10.4. The molecule has 2 amide bonds. The Kier molecular flexibility index (Phi) is 6.40. The molecule has 0 aliphatic carbocycles. The Labute approximate surface area is 206 Å². The number of benzene rings is 1. The van der Waals surface area contributed by atoms with E-state index in [0.717, 1.165) is 23.4 Å². The SMILES string of the molecule is CC(=O)N1CCN(C(=O)C2Cc3cn(Cc4cc(C)on4)c4cccc(c34)C(CC(C)C)N2)CC1. The first kappa shape index (κ1) is 23.6. The number of carbonyl (C=O) groups is 2. The van der Waals surface area contributed by atoms with E-state index in [2.05, 4.69) is 53.3 Å². The minimum absolute atomic E-state index is 0.0724. The van der Waals surface area contributed by atoms with Crippen LogP contribution in [0.2, 0.25) is 0 Å². The topological polar surface area (TPSA) is 83.6 Å². The third-order valence-electron chi connectivity index (χ3n) is 7.27. The first-order valence-corrected chi connectivity index (χ1v) is 12.6. The van der Waals surface area contributed by atoms with E-state index < -0.39 is 0 Å². The third-order valence-corrected chi connectivity index (χ3v) is 7.27. The molecule has 0 radical (unpaired) electrons. The normalized spacial score (nSPS) is 20.5. The second-order valence-electron chi connectivity index (χ2n) is 10.4. The van der Waals surface area contributed by atoms with Crippen molar-refractivity contribution in [2.24, 2.45) is 5.92 Å². The number of amides is 2. The van der Waals surface area contributed by atoms with Crippen molar-refractivity contribution >= 4 is 22.7 Å². The zero-order valence-corrected chi connectivity index (χ0v) is 21.1. The molecule has 2 aliphatic rings. The van der Waals surface area contributed by atoms with Crippen LogP contribution in [0.3, 0.4) is 0 Å². The van der Waals surface area contributed by atoms with Gasteiger partial charge in [-0.2, -0.15) is 0 Å². The lowest BCUT2D eigenvalue weighted by Gasteiger charge is -2.36. The number of piperazine rings is 1. The van der Waals surface area contributed by atoms with Crippen LogP contribution in [0, 0.1) is 12.8 Å². The summed E-state index contributed by atoms with van der Waals surface area (Å²) < 4.78 is 7.52. The Morgan fingerprint density at radius 1 is 1.17 bits per heavy atom. The Hall–Kier alpha value is -3.13. The molecule has 1 N–H and O–H groups in total. The van der Waals surface area contributed by atoms with E-state index in [1.54, 1.807) is 6.92 Å². The van der Waals surface area contributed by atoms with Crippen LogP contribution in [0.4, 0.5) is 0 Å². The molecular formula is C27H35N5O3. The van der Waals surface area contributed by atoms with E-state index in [0.29, 0.717) is 45.1 Å². The van der Waals surface area contributed by atoms with Crippen molar-refractivity contribution in [1.82, 2.24) is 24.8 Å². The predicted octanol–water partition coefficient (Wildman–Crippen LogP) is 3.28. The number of carbonyl (C=O) groups excluding carboxylic acids is 2. The van der Waals surface area contributed by atoms with Crippen LogP contribution in [-0.4, -0.2) is 63.6 Å². The van der Waals surface area contributed by atoms with Crippen molar-refractivity contribution in [3.8, 4) is 0 Å². The van der Waals surface area contributed by atoms with Gasteiger partial charge in [-0.1, -0.05) is 31.1 Å². The fourth-order valence-electron chi connectivity index (χ4n) is 5.61. The van der Waals surface area contributed by atoms with Gasteiger partial charge in [-0.25, -0.2) is 0 Å². The molecule has 8 nitrogen and oxygen atoms in total. The standard InChI is InChI=1S/C27H35N5O3/c1-17(2)12-23-22-6-5-7-25-26(22)20(15-32(25)16-21-13-18(3)35-29-21)14-24(28-23)27(34)31-10-8-30(9-11-31)19(4)33/h5-7,13,15,17,23-24,28H,8-12,14,16H2,1-4H3. The fraction of sp³-hybridized carbons (Fsp3) is 0.519. The zero-order chi connectivity index (χ0) is 24.7. The van der Waals surface area contributed by atoms with Gasteiger partial charge in [0.05, 0.1) is 12.6 Å². The summed E-state index contributed by atoms with van der Waals surface area (Å²) in [5, 5.41) is 9.18. The quantitative estimate of drug-likeness (QED) is 0.610. The van der Waals surface area contributed by atoms with Gasteiger partial charge in [0.15, 0.2) is 0 Å². The van der Waals surface area contributed by atoms with Crippen LogP contribution in [0.15, 0.2) is 35.0 Å². The van der Waals surface area contributed by atoms with Gasteiger partial charge in [-0.05, 0) is 42.9 Å². The predicted molar refractivity (Wildman–Crippen MR) is 134 cm³/mol. The van der Waals surface area contributed by atoms with Crippen molar-refractivity contribution < 1.29 is 14.1 Å². The molecule has 2 aromatic heterocycles. The molecular weight excluding hydrogens is 442 g/mol. The number of hydrogen-bond acceptors (Lipinski definition) is 5. The molecule has 1 aromatic carbocycles. The molecule has 0 spiro atoms. The molecule has 0 saturated carbocycles. The number of aryl methyl sites for hydroxylation is 1. The monoisotopic (exact) mass is 477 g/mol. The molecule has 2 atom stereocenters. The van der Waals surface area contributed by atoms with Gasteiger partial charge in [0.2, 0.25) is 11.8 Å². The largest absolute Gasteiger partial charge is 0.361 e. The van der Waals surface area contributed by atoms with Crippen molar-refractivity contribution in [3.05, 3.63) is 53.0 Å². The van der Waals surface area contributed by atoms with E-state index in [1.807, 2.05) is 22.8 Å². The van der Waals surface area contributed by atoms with E-state index in [-0.39, 0.29) is 23.9 Å². The smallest absolute Gasteiger partial charge is 0.240 e. The highest BCUT2D eigenvalue weighted by atomic mass is 16.5. The Balaban J connectivity index is 1.48. The molecule has 0 bridgehead atoms. The van der Waals surface area contributed by atoms with Crippen molar-refractivity contribution in [1.29, 1.82) is 0 Å². The van der Waals surface area contributed by atoms with Gasteiger partial charge in [0.25, 0.3) is 0 Å². The van der Waals surface area contributed by atoms with Crippen LogP contribution in [-0.2, 0) is 22.6 Å². The fourth-order valence-corrected chi connectivity index (χ4v) is 5.61. The summed E-state index contributed by atoms with van der Waals surface area (Å²) in [5.41, 5.74) is 4.51. The Morgan fingerprint density at radius 3 is 2.57 bits per heavy atom. The molecule has 1 fully saturated rings. The number of aromatic nitrogens is 2. The van der Waals surface area contributed by atoms with Gasteiger partial charge in [-0.3, -0.25) is 14.9 Å². The molecule has 2 aliphatic heterocycles. The van der Waals surface area contributed by atoms with Crippen molar-refractivity contribution in [2.45, 2.75) is 59.2 Å². The van der Waals surface area contributed by atoms with Crippen LogP contribution in [0.5, 0.6) is 0 Å². The maximum atomic E-state index is 13.7. The van der Waals surface area contributed by atoms with Gasteiger partial charge in [0.1, 0.15) is 11.5 Å². The lowest BCUT2D eigenvalue weighted by Crippen LogP contribution is -2.55. The molecule has 5 rings (SSSR count). The van der Waals surface area contributed by atoms with E-state index >= 15 is 0 Å². The summed E-state index contributed by atoms with van der Waals surface area (Å²) in [7, 11) is 0. The minimum Gasteiger partial charge on any atom is -0.361 e. The first-order valence-electron chi connectivity index (χ1n) is 12.6. The number of rotatable bonds is 5. The summed E-state index contributed by atoms with van der Waals surface area (Å²) in [5.74, 6) is 1.49. The van der Waals surface area contributed by atoms with E-state index in [4.69, 9.17) is 4.52 Å². The first-order chi connectivity index (χ1) is 16.8. The van der Waals surface area contributed by atoms with Crippen LogP contribution < -0.4 is 5.32 Å². The Morgan fingerprint density at radius 2 is 1.91 bits per heavy atom. The van der Waals surface area contributed by atoms with Crippen LogP contribution in [0.1, 0.15) is 55.8 Å². The molecule has 35 heavy (non-hydrogen) atoms. The number of nitrogens with zero attached hydrogens (tertiary/aromatic N) is 4. The molecule has 186 valence electrons. The average Bonchev–Trinajstić information content (AvgIpc) is 3.35. The van der Waals surface area contributed by atoms with E-state index in [9.17, 15) is 9.59 Å². The van der Waals surface area contributed by atoms with Crippen LogP contribution >= 0.6 is 0 Å². The van der Waals surface area contributed by atoms with Gasteiger partial charge >= 0.3 is 0 Å². The highest BCUT2D eigenvalue weighted by Gasteiger charge is 2.34. The molecule has 3 aromatic rings. The number of hydrogen-bond donors (Lipinski definition) is 1. The molecule has 2 unspecified atom stereocenters. The highest BCUT2D eigenvalue weighted by molar-refractivity contribution is 5.91. The summed E-state index contributed by atoms with van der Waals surface area (Å²) in [6, 6.07) is 8.24. The van der Waals surface area contributed by atoms with Crippen molar-refractivity contribution in [2.75, 3.05) is 26.2 Å². The maximum Gasteiger partial charge on any atom is 0.240 e. The average molecular weight is 478 g/mol. The lowest BCUT2D eigenvalue weighted by atomic mass is 9.94. The molecule has 4 heterocycles.